The van der Waals surface area contributed by atoms with E-state index >= 15 is 0 Å². The lowest BCUT2D eigenvalue weighted by Gasteiger charge is -2.29. The van der Waals surface area contributed by atoms with Crippen LogP contribution in [0.15, 0.2) is 34.1 Å². The van der Waals surface area contributed by atoms with Gasteiger partial charge in [0.1, 0.15) is 9.79 Å². The number of nitrogens with zero attached hydrogens (tertiary/aromatic N) is 1. The Balaban J connectivity index is 0.00000243. The number of sulfonamides is 2. The van der Waals surface area contributed by atoms with Crippen LogP contribution in [0.25, 0.3) is 0 Å². The molecular weight excluding hydrogens is 398 g/mol. The average Bonchev–Trinajstić information content (AvgIpc) is 3.27. The molecule has 0 amide bonds. The maximum Gasteiger partial charge on any atom is 0.244 e. The minimum absolute atomic E-state index is 0. The lowest BCUT2D eigenvalue weighted by Crippen LogP contribution is -2.51. The van der Waals surface area contributed by atoms with Gasteiger partial charge in [0.2, 0.25) is 20.0 Å². The molecule has 1 aromatic carbocycles. The first-order valence-electron chi connectivity index (χ1n) is 8.64. The largest absolute Gasteiger partial charge is 0.329 e. The molecule has 0 radical (unpaired) electrons. The minimum atomic E-state index is -3.99. The lowest BCUT2D eigenvalue weighted by molar-refractivity contribution is 0.398. The van der Waals surface area contributed by atoms with Gasteiger partial charge in [-0.3, -0.25) is 0 Å². The lowest BCUT2D eigenvalue weighted by atomic mass is 10.0. The summed E-state index contributed by atoms with van der Waals surface area (Å²) in [5.41, 5.74) is 5.15. The minimum Gasteiger partial charge on any atom is -0.329 e. The highest BCUT2D eigenvalue weighted by molar-refractivity contribution is 7.92. The van der Waals surface area contributed by atoms with E-state index < -0.39 is 25.6 Å². The van der Waals surface area contributed by atoms with Gasteiger partial charge in [-0.2, -0.15) is 4.31 Å². The van der Waals surface area contributed by atoms with Gasteiger partial charge < -0.3 is 5.73 Å². The third-order valence-electron chi connectivity index (χ3n) is 5.12. The van der Waals surface area contributed by atoms with E-state index in [0.717, 1.165) is 25.7 Å². The molecule has 0 atom stereocenters. The Morgan fingerprint density at radius 3 is 2.04 bits per heavy atom. The van der Waals surface area contributed by atoms with Crippen LogP contribution in [0.5, 0.6) is 0 Å². The van der Waals surface area contributed by atoms with Crippen LogP contribution in [-0.4, -0.2) is 46.3 Å². The van der Waals surface area contributed by atoms with Gasteiger partial charge in [-0.1, -0.05) is 25.0 Å². The van der Waals surface area contributed by atoms with Gasteiger partial charge in [0.25, 0.3) is 0 Å². The summed E-state index contributed by atoms with van der Waals surface area (Å²) in [5, 5.41) is 0. The van der Waals surface area contributed by atoms with E-state index in [-0.39, 0.29) is 28.7 Å². The normalized spacial score (nSPS) is 20.8. The van der Waals surface area contributed by atoms with Gasteiger partial charge in [-0.25, -0.2) is 21.6 Å². The summed E-state index contributed by atoms with van der Waals surface area (Å²) in [4.78, 5) is -0.351. The first-order chi connectivity index (χ1) is 11.8. The van der Waals surface area contributed by atoms with Crippen molar-refractivity contribution in [3.8, 4) is 0 Å². The fourth-order valence-corrected chi connectivity index (χ4v) is 7.49. The van der Waals surface area contributed by atoms with Crippen LogP contribution in [0.1, 0.15) is 38.5 Å². The van der Waals surface area contributed by atoms with E-state index in [1.165, 1.54) is 16.4 Å². The Morgan fingerprint density at radius 1 is 0.962 bits per heavy atom. The van der Waals surface area contributed by atoms with Gasteiger partial charge in [-0.05, 0) is 37.8 Å². The molecule has 1 saturated carbocycles. The number of halogens is 1. The van der Waals surface area contributed by atoms with Crippen molar-refractivity contribution in [2.24, 2.45) is 5.73 Å². The van der Waals surface area contributed by atoms with Gasteiger partial charge in [0.15, 0.2) is 0 Å². The highest BCUT2D eigenvalue weighted by Gasteiger charge is 2.39. The first kappa shape index (κ1) is 21.6. The third kappa shape index (κ3) is 4.07. The predicted octanol–water partition coefficient (Wildman–Crippen LogP) is 1.44. The first-order valence-corrected chi connectivity index (χ1v) is 11.6. The zero-order valence-corrected chi connectivity index (χ0v) is 17.0. The smallest absolute Gasteiger partial charge is 0.244 e. The molecule has 0 aromatic heterocycles. The molecule has 2 aliphatic rings. The number of nitrogens with one attached hydrogen (secondary N) is 1. The molecule has 0 unspecified atom stereocenters. The fraction of sp³-hybridized carbons (Fsp3) is 0.625. The monoisotopic (exact) mass is 423 g/mol. The van der Waals surface area contributed by atoms with Crippen molar-refractivity contribution in [2.75, 3.05) is 19.6 Å². The number of nitrogens with two attached hydrogens (primary N) is 1. The number of hydrogen-bond donors (Lipinski definition) is 2. The summed E-state index contributed by atoms with van der Waals surface area (Å²) in [6.07, 6.45) is 4.75. The molecule has 3 rings (SSSR count). The molecule has 0 spiro atoms. The van der Waals surface area contributed by atoms with Crippen molar-refractivity contribution in [2.45, 2.75) is 53.9 Å². The molecule has 26 heavy (non-hydrogen) atoms. The van der Waals surface area contributed by atoms with E-state index in [4.69, 9.17) is 5.73 Å². The quantitative estimate of drug-likeness (QED) is 0.719. The van der Waals surface area contributed by atoms with Crippen LogP contribution in [0, 0.1) is 0 Å². The molecule has 1 aromatic rings. The maximum atomic E-state index is 13.0. The van der Waals surface area contributed by atoms with Crippen molar-refractivity contribution >= 4 is 32.5 Å². The predicted molar refractivity (Wildman–Crippen MR) is 102 cm³/mol. The number of rotatable bonds is 6. The summed E-state index contributed by atoms with van der Waals surface area (Å²) in [7, 11) is -7.82. The molecule has 10 heteroatoms. The Labute approximate surface area is 161 Å². The molecule has 0 bridgehead atoms. The third-order valence-corrected chi connectivity index (χ3v) is 8.85. The molecule has 1 aliphatic heterocycles. The van der Waals surface area contributed by atoms with Crippen LogP contribution < -0.4 is 10.5 Å². The second-order valence-electron chi connectivity index (χ2n) is 6.85. The van der Waals surface area contributed by atoms with E-state index in [1.807, 2.05) is 0 Å². The van der Waals surface area contributed by atoms with Crippen LogP contribution in [0.4, 0.5) is 0 Å². The van der Waals surface area contributed by atoms with E-state index in [1.54, 1.807) is 12.1 Å². The molecule has 1 heterocycles. The summed E-state index contributed by atoms with van der Waals surface area (Å²) in [5.74, 6) is 0. The topological polar surface area (TPSA) is 110 Å². The maximum absolute atomic E-state index is 13.0. The molecular formula is C16H26ClN3O4S2. The van der Waals surface area contributed by atoms with E-state index in [9.17, 15) is 16.8 Å². The van der Waals surface area contributed by atoms with Crippen molar-refractivity contribution in [3.05, 3.63) is 24.3 Å². The van der Waals surface area contributed by atoms with Crippen molar-refractivity contribution in [1.29, 1.82) is 0 Å². The number of benzene rings is 1. The fourth-order valence-electron chi connectivity index (χ4n) is 3.69. The van der Waals surface area contributed by atoms with Crippen LogP contribution >= 0.6 is 12.4 Å². The van der Waals surface area contributed by atoms with Gasteiger partial charge >= 0.3 is 0 Å². The number of hydrogen-bond acceptors (Lipinski definition) is 5. The summed E-state index contributed by atoms with van der Waals surface area (Å²) in [6, 6.07) is 5.81. The molecule has 2 fully saturated rings. The van der Waals surface area contributed by atoms with Crippen LogP contribution in [-0.2, 0) is 20.0 Å². The zero-order chi connectivity index (χ0) is 18.1. The summed E-state index contributed by atoms with van der Waals surface area (Å²) < 4.78 is 55.8. The Bertz CT molecular complexity index is 831. The van der Waals surface area contributed by atoms with Gasteiger partial charge in [0, 0.05) is 25.2 Å². The van der Waals surface area contributed by atoms with E-state index in [2.05, 4.69) is 4.72 Å². The Kier molecular flexibility index (Phi) is 6.74. The second kappa shape index (κ2) is 8.12. The van der Waals surface area contributed by atoms with Crippen LogP contribution in [0.2, 0.25) is 0 Å². The zero-order valence-electron chi connectivity index (χ0n) is 14.6. The highest BCUT2D eigenvalue weighted by Crippen LogP contribution is 2.32. The summed E-state index contributed by atoms with van der Waals surface area (Å²) >= 11 is 0. The Morgan fingerprint density at radius 2 is 1.50 bits per heavy atom. The summed E-state index contributed by atoms with van der Waals surface area (Å²) in [6.45, 7) is 1.06. The van der Waals surface area contributed by atoms with Crippen molar-refractivity contribution in [1.82, 2.24) is 9.03 Å². The SMILES string of the molecule is Cl.NCC1(NS(=O)(=O)c2ccccc2S(=O)(=O)N2CCCC2)CCCC1. The molecule has 3 N–H and O–H groups in total. The average molecular weight is 424 g/mol. The van der Waals surface area contributed by atoms with Gasteiger partial charge in [0.05, 0.1) is 0 Å². The molecule has 7 nitrogen and oxygen atoms in total. The standard InChI is InChI=1S/C16H25N3O4S2.ClH/c17-13-16(9-3-4-10-16)18-24(20,21)14-7-1-2-8-15(14)25(22,23)19-11-5-6-12-19;/h1-2,7-8,18H,3-6,9-13,17H2;1H. The van der Waals surface area contributed by atoms with Crippen molar-refractivity contribution in [3.63, 3.8) is 0 Å². The Hall–Kier alpha value is -0.710. The highest BCUT2D eigenvalue weighted by atomic mass is 35.5. The molecule has 148 valence electrons. The van der Waals surface area contributed by atoms with Crippen LogP contribution in [0.3, 0.4) is 0 Å². The van der Waals surface area contributed by atoms with Crippen molar-refractivity contribution < 1.29 is 16.8 Å². The second-order valence-corrected chi connectivity index (χ2v) is 10.4. The van der Waals surface area contributed by atoms with E-state index in [0.29, 0.717) is 25.9 Å². The molecule has 1 saturated heterocycles. The van der Waals surface area contributed by atoms with Gasteiger partial charge in [-0.15, -0.1) is 12.4 Å². The molecule has 1 aliphatic carbocycles.